The number of aliphatic hydroxyl groups is 3. The van der Waals surface area contributed by atoms with Crippen LogP contribution in [0.3, 0.4) is 0 Å². The van der Waals surface area contributed by atoms with Crippen molar-refractivity contribution in [1.82, 2.24) is 0 Å². The van der Waals surface area contributed by atoms with Gasteiger partial charge in [-0.05, 0) is 5.53 Å². The van der Waals surface area contributed by atoms with Crippen LogP contribution in [0.5, 0.6) is 0 Å². The molecule has 0 bridgehead atoms. The zero-order valence-electron chi connectivity index (χ0n) is 7.12. The van der Waals surface area contributed by atoms with Gasteiger partial charge in [0.05, 0.1) is 6.54 Å². The van der Waals surface area contributed by atoms with Gasteiger partial charge in [0.25, 0.3) is 0 Å². The highest BCUT2D eigenvalue weighted by Crippen LogP contribution is 2.06. The summed E-state index contributed by atoms with van der Waals surface area (Å²) in [6.45, 7) is -1.68. The Labute approximate surface area is 78.4 Å². The molecule has 0 saturated heterocycles. The van der Waals surface area contributed by atoms with Gasteiger partial charge in [0.15, 0.2) is 5.78 Å². The van der Waals surface area contributed by atoms with Gasteiger partial charge in [0.1, 0.15) is 25.0 Å². The molecule has 14 heavy (non-hydrogen) atoms. The van der Waals surface area contributed by atoms with Gasteiger partial charge in [-0.3, -0.25) is 4.79 Å². The number of nitrogens with zero attached hydrogens (tertiary/aromatic N) is 3. The van der Waals surface area contributed by atoms with Crippen LogP contribution in [-0.4, -0.2) is 52.6 Å². The van der Waals surface area contributed by atoms with E-state index in [-0.39, 0.29) is 0 Å². The van der Waals surface area contributed by atoms with E-state index >= 15 is 0 Å². The maximum atomic E-state index is 12.8. The quantitative estimate of drug-likeness (QED) is 0.290. The second-order valence-corrected chi connectivity index (χ2v) is 2.49. The minimum atomic E-state index is -2.04. The molecular weight excluding hydrogens is 197 g/mol. The molecule has 3 N–H and O–H groups in total. The first kappa shape index (κ1) is 12.8. The number of aliphatic hydroxyl groups excluding tert-OH is 3. The fraction of sp³-hybridized carbons (Fsp3) is 0.833. The molecule has 0 rings (SSSR count). The van der Waals surface area contributed by atoms with E-state index in [1.165, 1.54) is 0 Å². The minimum Gasteiger partial charge on any atom is -0.388 e. The van der Waals surface area contributed by atoms with Gasteiger partial charge < -0.3 is 15.3 Å². The summed E-state index contributed by atoms with van der Waals surface area (Å²) in [4.78, 5) is 12.8. The lowest BCUT2D eigenvalue weighted by atomic mass is 10.1. The Kier molecular flexibility index (Phi) is 5.73. The predicted molar refractivity (Wildman–Crippen MR) is 43.0 cm³/mol. The molecular formula is C6H10FN3O4. The Morgan fingerprint density at radius 2 is 2.14 bits per heavy atom. The van der Waals surface area contributed by atoms with Crippen molar-refractivity contribution in [3.8, 4) is 0 Å². The molecule has 0 saturated carbocycles. The second kappa shape index (κ2) is 6.28. The van der Waals surface area contributed by atoms with Gasteiger partial charge >= 0.3 is 0 Å². The number of Topliss-reactive ketones (excluding diaryl/α,β-unsaturated/α-hetero) is 1. The Hall–Kier alpha value is -1.21. The van der Waals surface area contributed by atoms with Crippen LogP contribution < -0.4 is 0 Å². The summed E-state index contributed by atoms with van der Waals surface area (Å²) >= 11 is 0. The van der Waals surface area contributed by atoms with Crippen LogP contribution in [0.15, 0.2) is 5.11 Å². The maximum absolute atomic E-state index is 12.8. The monoisotopic (exact) mass is 207 g/mol. The lowest BCUT2D eigenvalue weighted by Gasteiger charge is -2.18. The molecule has 0 spiro atoms. The number of rotatable bonds is 6. The molecule has 8 heteroatoms. The first-order valence-corrected chi connectivity index (χ1v) is 3.69. The summed E-state index contributed by atoms with van der Waals surface area (Å²) in [6.07, 6.45) is -6.06. The Morgan fingerprint density at radius 1 is 1.57 bits per heavy atom. The van der Waals surface area contributed by atoms with Crippen LogP contribution in [0.4, 0.5) is 4.39 Å². The number of hydrogen-bond acceptors (Lipinski definition) is 5. The summed E-state index contributed by atoms with van der Waals surface area (Å²) in [6, 6.07) is 0. The number of carbonyl (C=O) groups is 1. The Morgan fingerprint density at radius 3 is 2.57 bits per heavy atom. The Bertz CT molecular complexity index is 243. The van der Waals surface area contributed by atoms with Crippen molar-refractivity contribution in [2.24, 2.45) is 5.11 Å². The topological polar surface area (TPSA) is 127 Å². The third-order valence-electron chi connectivity index (χ3n) is 1.50. The van der Waals surface area contributed by atoms with E-state index in [0.717, 1.165) is 0 Å². The molecule has 80 valence electrons. The third kappa shape index (κ3) is 3.67. The van der Waals surface area contributed by atoms with Gasteiger partial charge in [-0.2, -0.15) is 0 Å². The highest BCUT2D eigenvalue weighted by Gasteiger charge is 2.30. The van der Waals surface area contributed by atoms with E-state index in [1.807, 2.05) is 0 Å². The lowest BCUT2D eigenvalue weighted by molar-refractivity contribution is -0.138. The van der Waals surface area contributed by atoms with Crippen molar-refractivity contribution in [1.29, 1.82) is 0 Å². The largest absolute Gasteiger partial charge is 0.388 e. The molecule has 0 aromatic heterocycles. The summed E-state index contributed by atoms with van der Waals surface area (Å²) in [5.41, 5.74) is 7.83. The van der Waals surface area contributed by atoms with Gasteiger partial charge in [-0.15, -0.1) is 0 Å². The highest BCUT2D eigenvalue weighted by atomic mass is 19.1. The lowest BCUT2D eigenvalue weighted by Crippen LogP contribution is -2.42. The van der Waals surface area contributed by atoms with Crippen molar-refractivity contribution in [2.75, 3.05) is 13.2 Å². The normalized spacial score (nSPS) is 16.6. The predicted octanol–water partition coefficient (Wildman–Crippen LogP) is -1.08. The first-order valence-electron chi connectivity index (χ1n) is 3.69. The van der Waals surface area contributed by atoms with Crippen LogP contribution in [0.2, 0.25) is 0 Å². The average molecular weight is 207 g/mol. The third-order valence-corrected chi connectivity index (χ3v) is 1.50. The van der Waals surface area contributed by atoms with E-state index in [2.05, 4.69) is 10.0 Å². The molecule has 3 atom stereocenters. The van der Waals surface area contributed by atoms with E-state index in [4.69, 9.17) is 20.9 Å². The van der Waals surface area contributed by atoms with E-state index in [9.17, 15) is 9.18 Å². The molecule has 0 amide bonds. The van der Waals surface area contributed by atoms with Crippen molar-refractivity contribution < 1.29 is 24.5 Å². The number of carbonyl (C=O) groups excluding carboxylic acids is 1. The van der Waals surface area contributed by atoms with Crippen molar-refractivity contribution in [3.63, 3.8) is 0 Å². The van der Waals surface area contributed by atoms with Crippen LogP contribution in [0, 0.1) is 0 Å². The van der Waals surface area contributed by atoms with Gasteiger partial charge in [0, 0.05) is 4.91 Å². The molecule has 7 nitrogen and oxygen atoms in total. The summed E-state index contributed by atoms with van der Waals surface area (Å²) in [7, 11) is 0. The minimum absolute atomic E-state index is 0.687. The van der Waals surface area contributed by atoms with Crippen molar-refractivity contribution in [2.45, 2.75) is 18.4 Å². The first-order chi connectivity index (χ1) is 6.54. The van der Waals surface area contributed by atoms with E-state index < -0.39 is 37.3 Å². The molecule has 0 aliphatic carbocycles. The fourth-order valence-electron chi connectivity index (χ4n) is 0.704. The molecule has 0 aliphatic heterocycles. The van der Waals surface area contributed by atoms with Gasteiger partial charge in [0.2, 0.25) is 0 Å². The second-order valence-electron chi connectivity index (χ2n) is 2.49. The van der Waals surface area contributed by atoms with E-state index in [0.29, 0.717) is 0 Å². The fourth-order valence-corrected chi connectivity index (χ4v) is 0.704. The molecule has 0 aromatic carbocycles. The smallest absolute Gasteiger partial charge is 0.189 e. The number of hydrogen-bond donors (Lipinski definition) is 3. The van der Waals surface area contributed by atoms with Crippen LogP contribution >= 0.6 is 0 Å². The summed E-state index contributed by atoms with van der Waals surface area (Å²) in [5.74, 6) is -1.10. The Balaban J connectivity index is 4.22. The van der Waals surface area contributed by atoms with Crippen molar-refractivity contribution in [3.05, 3.63) is 10.4 Å². The average Bonchev–Trinajstić information content (AvgIpc) is 2.22. The van der Waals surface area contributed by atoms with Crippen LogP contribution in [0.25, 0.3) is 10.4 Å². The molecule has 0 unspecified atom stereocenters. The molecule has 0 radical (unpaired) electrons. The molecule has 0 aliphatic rings. The van der Waals surface area contributed by atoms with Crippen LogP contribution in [0.1, 0.15) is 0 Å². The highest BCUT2D eigenvalue weighted by molar-refractivity contribution is 5.84. The SMILES string of the molecule is [N-]=[N+]=NC[C@@H](F)[C@@H](O)[C@H](O)C(=O)CO. The van der Waals surface area contributed by atoms with E-state index in [1.54, 1.807) is 0 Å². The number of alkyl halides is 1. The van der Waals surface area contributed by atoms with Gasteiger partial charge in [-0.1, -0.05) is 5.11 Å². The summed E-state index contributed by atoms with van der Waals surface area (Å²) in [5, 5.41) is 29.0. The zero-order chi connectivity index (χ0) is 11.1. The van der Waals surface area contributed by atoms with Gasteiger partial charge in [-0.25, -0.2) is 4.39 Å². The summed E-state index contributed by atoms with van der Waals surface area (Å²) < 4.78 is 12.8. The van der Waals surface area contributed by atoms with Crippen LogP contribution in [-0.2, 0) is 4.79 Å². The maximum Gasteiger partial charge on any atom is 0.189 e. The molecule has 0 heterocycles. The standard InChI is InChI=1S/C6H10FN3O4/c7-3(1-9-10-8)5(13)6(14)4(12)2-11/h3,5-6,11,13-14H,1-2H2/t3-,5-,6-/m1/s1. The molecule has 0 aromatic rings. The number of azide groups is 1. The van der Waals surface area contributed by atoms with Crippen molar-refractivity contribution >= 4 is 5.78 Å². The number of ketones is 1. The zero-order valence-corrected chi connectivity index (χ0v) is 7.12. The molecule has 0 fully saturated rings. The number of halogens is 1.